The fraction of sp³-hybridized carbons (Fsp3) is 0.758. The summed E-state index contributed by atoms with van der Waals surface area (Å²) in [5, 5.41) is 13.7. The normalized spacial score (nSPS) is 33.8. The molecule has 2 aromatic rings. The van der Waals surface area contributed by atoms with Crippen molar-refractivity contribution in [2.45, 2.75) is 100 Å². The minimum absolute atomic E-state index is 0.0394. The lowest BCUT2D eigenvalue weighted by Gasteiger charge is -2.58. The molecular formula is C33H48Cl2N10O. The lowest BCUT2D eigenvalue weighted by atomic mass is 9.60. The quantitative estimate of drug-likeness (QED) is 0.356. The van der Waals surface area contributed by atoms with Crippen LogP contribution in [0.1, 0.15) is 75.0 Å². The van der Waals surface area contributed by atoms with Crippen LogP contribution in [-0.2, 0) is 17.9 Å². The molecule has 11 nitrogen and oxygen atoms in total. The van der Waals surface area contributed by atoms with Crippen LogP contribution >= 0.6 is 23.2 Å². The molecule has 5 unspecified atom stereocenters. The molecule has 6 atom stereocenters. The zero-order chi connectivity index (χ0) is 32.0. The van der Waals surface area contributed by atoms with Gasteiger partial charge in [0.25, 0.3) is 0 Å². The van der Waals surface area contributed by atoms with E-state index in [1.165, 1.54) is 17.3 Å². The second-order valence-electron chi connectivity index (χ2n) is 15.7. The van der Waals surface area contributed by atoms with E-state index in [0.29, 0.717) is 23.9 Å². The van der Waals surface area contributed by atoms with Crippen molar-refractivity contribution in [1.82, 2.24) is 45.2 Å². The van der Waals surface area contributed by atoms with Gasteiger partial charge in [0.15, 0.2) is 5.82 Å². The van der Waals surface area contributed by atoms with E-state index in [-0.39, 0.29) is 33.5 Å². The molecular weight excluding hydrogens is 623 g/mol. The number of hydrogen-bond donors (Lipinski definition) is 2. The molecule has 0 bridgehead atoms. The van der Waals surface area contributed by atoms with Crippen molar-refractivity contribution in [2.75, 3.05) is 44.2 Å². The number of aromatic nitrogens is 5. The molecule has 2 N–H and O–H groups in total. The predicted octanol–water partition coefficient (Wildman–Crippen LogP) is 3.44. The SMILES string of the molecule is C=CC(=O)N1CC2(CC(n3nc(N4CC[C@@H](CN5CCn6cnnc6C5)CC4(C)C)c(C4C(Cl)C(Cl)CC5NNCC54)c3C)C2)C1. The van der Waals surface area contributed by atoms with Crippen molar-refractivity contribution in [3.63, 3.8) is 0 Å². The molecule has 0 aromatic carbocycles. The molecule has 0 radical (unpaired) electrons. The summed E-state index contributed by atoms with van der Waals surface area (Å²) in [6, 6.07) is 0.623. The number of carbonyl (C=O) groups is 1. The largest absolute Gasteiger partial charge is 0.350 e. The van der Waals surface area contributed by atoms with Gasteiger partial charge in [-0.15, -0.1) is 33.4 Å². The monoisotopic (exact) mass is 670 g/mol. The molecule has 1 amide bonds. The van der Waals surface area contributed by atoms with Crippen molar-refractivity contribution < 1.29 is 4.79 Å². The van der Waals surface area contributed by atoms with Crippen LogP contribution in [0.25, 0.3) is 0 Å². The first-order chi connectivity index (χ1) is 22.1. The van der Waals surface area contributed by atoms with Gasteiger partial charge >= 0.3 is 0 Å². The van der Waals surface area contributed by atoms with Crippen LogP contribution in [0.2, 0.25) is 0 Å². The second kappa shape index (κ2) is 11.5. The number of hydrogen-bond acceptors (Lipinski definition) is 8. The molecule has 46 heavy (non-hydrogen) atoms. The summed E-state index contributed by atoms with van der Waals surface area (Å²) in [7, 11) is 0. The highest BCUT2D eigenvalue weighted by atomic mass is 35.5. The van der Waals surface area contributed by atoms with Crippen LogP contribution in [0.15, 0.2) is 19.0 Å². The molecule has 4 aliphatic heterocycles. The average Bonchev–Trinajstić information content (AvgIpc) is 3.71. The lowest BCUT2D eigenvalue weighted by Crippen LogP contribution is -2.63. The highest BCUT2D eigenvalue weighted by Gasteiger charge is 2.56. The van der Waals surface area contributed by atoms with Gasteiger partial charge in [-0.3, -0.25) is 25.2 Å². The molecule has 2 aliphatic carbocycles. The Balaban J connectivity index is 1.07. The number of fused-ring (bicyclic) bond motifs is 2. The van der Waals surface area contributed by atoms with Gasteiger partial charge in [0.2, 0.25) is 5.91 Å². The molecule has 2 aromatic heterocycles. The Morgan fingerprint density at radius 1 is 1.17 bits per heavy atom. The number of halogens is 2. The van der Waals surface area contributed by atoms with E-state index >= 15 is 0 Å². The molecule has 13 heteroatoms. The Kier molecular flexibility index (Phi) is 7.75. The highest BCUT2D eigenvalue weighted by Crippen LogP contribution is 2.56. The topological polar surface area (TPSA) is 99.4 Å². The number of nitrogens with zero attached hydrogens (tertiary/aromatic N) is 8. The maximum Gasteiger partial charge on any atom is 0.245 e. The van der Waals surface area contributed by atoms with Crippen molar-refractivity contribution in [3.8, 4) is 0 Å². The number of alkyl halides is 2. The first-order valence-electron chi connectivity index (χ1n) is 17.2. The van der Waals surface area contributed by atoms with Gasteiger partial charge in [-0.25, -0.2) is 0 Å². The van der Waals surface area contributed by atoms with Gasteiger partial charge in [0.1, 0.15) is 12.2 Å². The molecule has 6 heterocycles. The van der Waals surface area contributed by atoms with Gasteiger partial charge < -0.3 is 14.4 Å². The maximum atomic E-state index is 12.1. The maximum absolute atomic E-state index is 12.1. The fourth-order valence-corrected chi connectivity index (χ4v) is 10.7. The smallest absolute Gasteiger partial charge is 0.245 e. The lowest BCUT2D eigenvalue weighted by molar-refractivity contribution is -0.149. The number of likely N-dealkylation sites (tertiary alicyclic amines) is 1. The van der Waals surface area contributed by atoms with Gasteiger partial charge in [-0.1, -0.05) is 6.58 Å². The molecule has 3 saturated heterocycles. The van der Waals surface area contributed by atoms with Crippen LogP contribution in [-0.4, -0.2) is 102 Å². The summed E-state index contributed by atoms with van der Waals surface area (Å²) >= 11 is 14.3. The Morgan fingerprint density at radius 2 is 1.98 bits per heavy atom. The summed E-state index contributed by atoms with van der Waals surface area (Å²) in [5.74, 6) is 3.28. The Bertz CT molecular complexity index is 1490. The standard InChI is InChI=1S/C33H48Cl2N10O/c1-5-27(46)43-17-33(18-43)12-22(13-33)45-20(2)28(29-23-14-36-38-25(23)10-24(34)30(29)35)31(40-45)44-7-6-21(11-32(44,3)4)15-41-8-9-42-19-37-39-26(42)16-41/h5,19,21-25,29-30,36,38H,1,6-18H2,2-4H3/t21-,23?,24?,25?,29?,30?/m1/s1. The summed E-state index contributed by atoms with van der Waals surface area (Å²) in [6.07, 6.45) is 8.47. The van der Waals surface area contributed by atoms with Crippen molar-refractivity contribution >= 4 is 34.9 Å². The zero-order valence-electron chi connectivity index (χ0n) is 27.3. The van der Waals surface area contributed by atoms with Gasteiger partial charge in [-0.05, 0) is 70.8 Å². The van der Waals surface area contributed by atoms with E-state index in [4.69, 9.17) is 28.3 Å². The number of piperidine rings is 1. The van der Waals surface area contributed by atoms with Crippen LogP contribution < -0.4 is 15.8 Å². The number of hydrazine groups is 1. The zero-order valence-corrected chi connectivity index (χ0v) is 28.8. The number of carbonyl (C=O) groups excluding carboxylic acids is 1. The van der Waals surface area contributed by atoms with Gasteiger partial charge in [-0.2, -0.15) is 5.10 Å². The fourth-order valence-electron chi connectivity index (χ4n) is 9.97. The number of rotatable bonds is 6. The highest BCUT2D eigenvalue weighted by molar-refractivity contribution is 6.30. The number of anilines is 1. The third kappa shape index (κ3) is 5.11. The summed E-state index contributed by atoms with van der Waals surface area (Å²) in [6.45, 7) is 18.2. The predicted molar refractivity (Wildman–Crippen MR) is 179 cm³/mol. The summed E-state index contributed by atoms with van der Waals surface area (Å²) < 4.78 is 4.50. The third-order valence-corrected chi connectivity index (χ3v) is 13.4. The molecule has 6 aliphatic rings. The van der Waals surface area contributed by atoms with Crippen molar-refractivity contribution in [1.29, 1.82) is 0 Å². The van der Waals surface area contributed by atoms with Gasteiger partial charge in [0, 0.05) is 80.0 Å². The second-order valence-corrected chi connectivity index (χ2v) is 16.8. The van der Waals surface area contributed by atoms with Gasteiger partial charge in [0.05, 0.1) is 23.3 Å². The van der Waals surface area contributed by atoms with Crippen LogP contribution in [0.4, 0.5) is 5.82 Å². The number of amides is 1. The van der Waals surface area contributed by atoms with Crippen LogP contribution in [0, 0.1) is 24.2 Å². The van der Waals surface area contributed by atoms with Crippen LogP contribution in [0.3, 0.4) is 0 Å². The number of nitrogens with one attached hydrogen (secondary N) is 2. The Hall–Kier alpha value is -2.18. The minimum Gasteiger partial charge on any atom is -0.350 e. The molecule has 5 fully saturated rings. The molecule has 1 spiro atoms. The van der Waals surface area contributed by atoms with E-state index in [1.54, 1.807) is 0 Å². The molecule has 250 valence electrons. The van der Waals surface area contributed by atoms with Crippen molar-refractivity contribution in [2.24, 2.45) is 17.3 Å². The van der Waals surface area contributed by atoms with Crippen LogP contribution in [0.5, 0.6) is 0 Å². The average molecular weight is 672 g/mol. The first-order valence-corrected chi connectivity index (χ1v) is 18.1. The van der Waals surface area contributed by atoms with Crippen molar-refractivity contribution in [3.05, 3.63) is 36.1 Å². The van der Waals surface area contributed by atoms with E-state index in [9.17, 15) is 4.79 Å². The minimum atomic E-state index is -0.167. The summed E-state index contributed by atoms with van der Waals surface area (Å²) in [5.41, 5.74) is 9.60. The van der Waals surface area contributed by atoms with E-state index in [2.05, 4.69) is 67.4 Å². The molecule has 2 saturated carbocycles. The van der Waals surface area contributed by atoms with E-state index in [0.717, 1.165) is 96.1 Å². The summed E-state index contributed by atoms with van der Waals surface area (Å²) in [4.78, 5) is 19.2. The molecule has 8 rings (SSSR count). The Morgan fingerprint density at radius 3 is 2.74 bits per heavy atom. The van der Waals surface area contributed by atoms with E-state index in [1.807, 2.05) is 11.2 Å². The third-order valence-electron chi connectivity index (χ3n) is 12.3. The first kappa shape index (κ1) is 31.1. The Labute approximate surface area is 282 Å². The van der Waals surface area contributed by atoms with E-state index < -0.39 is 0 Å².